The Morgan fingerprint density at radius 2 is 1.60 bits per heavy atom. The summed E-state index contributed by atoms with van der Waals surface area (Å²) in [6, 6.07) is 14.2. The molecule has 0 aliphatic carbocycles. The summed E-state index contributed by atoms with van der Waals surface area (Å²) >= 11 is 0. The molecule has 0 unspecified atom stereocenters. The minimum absolute atomic E-state index is 0.000619. The Hall–Kier alpha value is -2.56. The second-order valence-electron chi connectivity index (χ2n) is 6.36. The molecule has 0 bridgehead atoms. The maximum atomic E-state index is 13.0. The third kappa shape index (κ3) is 4.29. The molecule has 1 atom stereocenters. The normalized spacial score (nSPS) is 15.8. The minimum atomic E-state index is -0.514. The number of halogens is 1. The average Bonchev–Trinajstić information content (AvgIpc) is 2.64. The van der Waals surface area contributed by atoms with E-state index in [9.17, 15) is 9.18 Å². The lowest BCUT2D eigenvalue weighted by molar-refractivity contribution is -0.138. The summed E-state index contributed by atoms with van der Waals surface area (Å²) in [6.45, 7) is 6.53. The van der Waals surface area contributed by atoms with Gasteiger partial charge in [-0.15, -0.1) is 0 Å². The van der Waals surface area contributed by atoms with Crippen LogP contribution in [0.25, 0.3) is 0 Å². The molecule has 3 rings (SSSR count). The molecule has 2 aromatic carbocycles. The first-order chi connectivity index (χ1) is 12.0. The average molecular weight is 342 g/mol. The van der Waals surface area contributed by atoms with Gasteiger partial charge in [-0.25, -0.2) is 4.39 Å². The lowest BCUT2D eigenvalue weighted by Crippen LogP contribution is -2.52. The van der Waals surface area contributed by atoms with Crippen molar-refractivity contribution in [1.82, 2.24) is 4.90 Å². The Morgan fingerprint density at radius 3 is 2.20 bits per heavy atom. The van der Waals surface area contributed by atoms with Gasteiger partial charge in [0, 0.05) is 31.9 Å². The highest BCUT2D eigenvalue weighted by atomic mass is 19.1. The zero-order valence-corrected chi connectivity index (χ0v) is 14.6. The van der Waals surface area contributed by atoms with Crippen LogP contribution in [0.4, 0.5) is 10.1 Å². The van der Waals surface area contributed by atoms with Crippen molar-refractivity contribution in [1.29, 1.82) is 0 Å². The molecule has 4 nitrogen and oxygen atoms in total. The third-order valence-corrected chi connectivity index (χ3v) is 4.46. The second-order valence-corrected chi connectivity index (χ2v) is 6.36. The Balaban J connectivity index is 1.53. The number of ether oxygens (including phenoxy) is 1. The van der Waals surface area contributed by atoms with Crippen LogP contribution in [0.2, 0.25) is 0 Å². The number of carbonyl (C=O) groups is 1. The van der Waals surface area contributed by atoms with Crippen LogP contribution in [0, 0.1) is 12.7 Å². The van der Waals surface area contributed by atoms with E-state index in [1.54, 1.807) is 19.1 Å². The lowest BCUT2D eigenvalue weighted by Gasteiger charge is -2.37. The van der Waals surface area contributed by atoms with E-state index in [1.165, 1.54) is 12.1 Å². The van der Waals surface area contributed by atoms with E-state index < -0.39 is 6.10 Å². The first-order valence-electron chi connectivity index (χ1n) is 8.55. The molecule has 0 aromatic heterocycles. The number of anilines is 1. The third-order valence-electron chi connectivity index (χ3n) is 4.46. The highest BCUT2D eigenvalue weighted by Gasteiger charge is 2.26. The number of nitrogens with zero attached hydrogens (tertiary/aromatic N) is 2. The standard InChI is InChI=1S/C20H23FN2O2/c1-15-3-9-19(10-4-15)25-16(2)20(24)23-13-11-22(12-14-23)18-7-5-17(21)6-8-18/h3-10,16H,11-14H2,1-2H3/t16-/m0/s1. The molecule has 1 aliphatic heterocycles. The summed E-state index contributed by atoms with van der Waals surface area (Å²) in [6.07, 6.45) is -0.514. The van der Waals surface area contributed by atoms with Crippen molar-refractivity contribution < 1.29 is 13.9 Å². The predicted molar refractivity (Wildman–Crippen MR) is 96.5 cm³/mol. The summed E-state index contributed by atoms with van der Waals surface area (Å²) in [7, 11) is 0. The number of piperazine rings is 1. The molecule has 5 heteroatoms. The van der Waals surface area contributed by atoms with Crippen LogP contribution in [-0.4, -0.2) is 43.1 Å². The van der Waals surface area contributed by atoms with E-state index in [2.05, 4.69) is 4.90 Å². The second kappa shape index (κ2) is 7.55. The van der Waals surface area contributed by atoms with Gasteiger partial charge in [0.25, 0.3) is 5.91 Å². The summed E-state index contributed by atoms with van der Waals surface area (Å²) in [5, 5.41) is 0. The van der Waals surface area contributed by atoms with Crippen LogP contribution in [0.15, 0.2) is 48.5 Å². The monoisotopic (exact) mass is 342 g/mol. The molecule has 0 saturated carbocycles. The summed E-state index contributed by atoms with van der Waals surface area (Å²) in [5.41, 5.74) is 2.14. The molecular weight excluding hydrogens is 319 g/mol. The number of hydrogen-bond acceptors (Lipinski definition) is 3. The molecule has 1 aliphatic rings. The van der Waals surface area contributed by atoms with Gasteiger partial charge in [0.2, 0.25) is 0 Å². The largest absolute Gasteiger partial charge is 0.481 e. The molecule has 25 heavy (non-hydrogen) atoms. The number of carbonyl (C=O) groups excluding carboxylic acids is 1. The van der Waals surface area contributed by atoms with Crippen molar-refractivity contribution >= 4 is 11.6 Å². The lowest BCUT2D eigenvalue weighted by atomic mass is 10.2. The fourth-order valence-electron chi connectivity index (χ4n) is 2.97. The number of amides is 1. The predicted octanol–water partition coefficient (Wildman–Crippen LogP) is 3.25. The fraction of sp³-hybridized carbons (Fsp3) is 0.350. The van der Waals surface area contributed by atoms with Crippen molar-refractivity contribution in [2.24, 2.45) is 0 Å². The maximum Gasteiger partial charge on any atom is 0.263 e. The Kier molecular flexibility index (Phi) is 5.22. The van der Waals surface area contributed by atoms with Crippen LogP contribution in [0.5, 0.6) is 5.75 Å². The van der Waals surface area contributed by atoms with Gasteiger partial charge in [-0.05, 0) is 50.2 Å². The van der Waals surface area contributed by atoms with Gasteiger partial charge < -0.3 is 14.5 Å². The van der Waals surface area contributed by atoms with Crippen molar-refractivity contribution in [3.8, 4) is 5.75 Å². The molecule has 1 heterocycles. The first-order valence-corrected chi connectivity index (χ1v) is 8.55. The van der Waals surface area contributed by atoms with E-state index in [4.69, 9.17) is 4.74 Å². The van der Waals surface area contributed by atoms with Crippen molar-refractivity contribution in [2.75, 3.05) is 31.1 Å². The van der Waals surface area contributed by atoms with Crippen LogP contribution < -0.4 is 9.64 Å². The van der Waals surface area contributed by atoms with Gasteiger partial charge in [-0.3, -0.25) is 4.79 Å². The van der Waals surface area contributed by atoms with Crippen LogP contribution in [0.3, 0.4) is 0 Å². The molecule has 1 fully saturated rings. The Bertz CT molecular complexity index is 707. The van der Waals surface area contributed by atoms with Gasteiger partial charge >= 0.3 is 0 Å². The quantitative estimate of drug-likeness (QED) is 0.855. The zero-order chi connectivity index (χ0) is 17.8. The van der Waals surface area contributed by atoms with Gasteiger partial charge in [-0.2, -0.15) is 0 Å². The number of aryl methyl sites for hydroxylation is 1. The first kappa shape index (κ1) is 17.3. The highest BCUT2D eigenvalue weighted by molar-refractivity contribution is 5.81. The zero-order valence-electron chi connectivity index (χ0n) is 14.6. The van der Waals surface area contributed by atoms with Crippen LogP contribution >= 0.6 is 0 Å². The number of rotatable bonds is 4. The van der Waals surface area contributed by atoms with Gasteiger partial charge in [0.15, 0.2) is 6.10 Å². The molecule has 0 spiro atoms. The van der Waals surface area contributed by atoms with Crippen molar-refractivity contribution in [2.45, 2.75) is 20.0 Å². The molecule has 132 valence electrons. The molecule has 2 aromatic rings. The SMILES string of the molecule is Cc1ccc(O[C@@H](C)C(=O)N2CCN(c3ccc(F)cc3)CC2)cc1. The van der Waals surface area contributed by atoms with E-state index in [0.717, 1.165) is 24.3 Å². The van der Waals surface area contributed by atoms with Gasteiger partial charge in [0.1, 0.15) is 11.6 Å². The van der Waals surface area contributed by atoms with Gasteiger partial charge in [-0.1, -0.05) is 17.7 Å². The summed E-state index contributed by atoms with van der Waals surface area (Å²) in [5.74, 6) is 0.468. The fourth-order valence-corrected chi connectivity index (χ4v) is 2.97. The highest BCUT2D eigenvalue weighted by Crippen LogP contribution is 2.18. The van der Waals surface area contributed by atoms with E-state index in [1.807, 2.05) is 36.1 Å². The van der Waals surface area contributed by atoms with E-state index in [0.29, 0.717) is 18.8 Å². The molecule has 1 saturated heterocycles. The van der Waals surface area contributed by atoms with E-state index >= 15 is 0 Å². The van der Waals surface area contributed by atoms with Crippen LogP contribution in [-0.2, 0) is 4.79 Å². The Morgan fingerprint density at radius 1 is 1.00 bits per heavy atom. The molecular formula is C20H23FN2O2. The van der Waals surface area contributed by atoms with E-state index in [-0.39, 0.29) is 11.7 Å². The number of benzene rings is 2. The molecule has 1 amide bonds. The molecule has 0 N–H and O–H groups in total. The van der Waals surface area contributed by atoms with Crippen molar-refractivity contribution in [3.05, 3.63) is 59.9 Å². The summed E-state index contributed by atoms with van der Waals surface area (Å²) in [4.78, 5) is 16.6. The smallest absolute Gasteiger partial charge is 0.263 e. The van der Waals surface area contributed by atoms with Crippen molar-refractivity contribution in [3.63, 3.8) is 0 Å². The minimum Gasteiger partial charge on any atom is -0.481 e. The van der Waals surface area contributed by atoms with Crippen LogP contribution in [0.1, 0.15) is 12.5 Å². The van der Waals surface area contributed by atoms with Gasteiger partial charge in [0.05, 0.1) is 0 Å². The topological polar surface area (TPSA) is 32.8 Å². The Labute approximate surface area is 147 Å². The summed E-state index contributed by atoms with van der Waals surface area (Å²) < 4.78 is 18.8. The number of hydrogen-bond donors (Lipinski definition) is 0. The molecule has 0 radical (unpaired) electrons. The maximum absolute atomic E-state index is 13.0.